The van der Waals surface area contributed by atoms with E-state index in [1.165, 1.54) is 0 Å². The fourth-order valence-electron chi connectivity index (χ4n) is 2.14. The molecule has 8 heteroatoms. The Morgan fingerprint density at radius 1 is 1.12 bits per heavy atom. The molecular formula is C18H28O8. The van der Waals surface area contributed by atoms with Crippen LogP contribution in [0.15, 0.2) is 0 Å². The van der Waals surface area contributed by atoms with Gasteiger partial charge in [-0.15, -0.1) is 0 Å². The van der Waals surface area contributed by atoms with E-state index in [2.05, 4.69) is 0 Å². The van der Waals surface area contributed by atoms with Crippen LogP contribution >= 0.6 is 0 Å². The molecule has 1 atom stereocenters. The number of cyclic esters (lactones) is 1. The average Bonchev–Trinajstić information content (AvgIpc) is 2.55. The van der Waals surface area contributed by atoms with Gasteiger partial charge in [-0.1, -0.05) is 6.92 Å². The Balaban J connectivity index is 2.20. The monoisotopic (exact) mass is 372 g/mol. The summed E-state index contributed by atoms with van der Waals surface area (Å²) in [5.74, 6) is -1.91. The highest BCUT2D eigenvalue weighted by Gasteiger charge is 2.36. The van der Waals surface area contributed by atoms with Crippen molar-refractivity contribution in [2.45, 2.75) is 65.4 Å². The predicted octanol–water partition coefficient (Wildman–Crippen LogP) is 1.93. The number of ether oxygens (including phenoxy) is 4. The zero-order chi connectivity index (χ0) is 19.8. The summed E-state index contributed by atoms with van der Waals surface area (Å²) in [5, 5.41) is 0. The van der Waals surface area contributed by atoms with Gasteiger partial charge in [-0.25, -0.2) is 0 Å². The molecule has 0 spiro atoms. The summed E-state index contributed by atoms with van der Waals surface area (Å²) in [6.07, 6.45) is 0.779. The Kier molecular flexibility index (Phi) is 8.05. The molecule has 0 saturated carbocycles. The zero-order valence-corrected chi connectivity index (χ0v) is 15.9. The van der Waals surface area contributed by atoms with E-state index in [9.17, 15) is 19.2 Å². The maximum atomic E-state index is 11.8. The van der Waals surface area contributed by atoms with Gasteiger partial charge in [-0.2, -0.15) is 0 Å². The minimum absolute atomic E-state index is 0.00264. The van der Waals surface area contributed by atoms with E-state index in [-0.39, 0.29) is 45.1 Å². The second-order valence-corrected chi connectivity index (χ2v) is 7.17. The van der Waals surface area contributed by atoms with Crippen molar-refractivity contribution in [2.75, 3.05) is 19.8 Å². The van der Waals surface area contributed by atoms with Gasteiger partial charge in [0.25, 0.3) is 0 Å². The van der Waals surface area contributed by atoms with Crippen LogP contribution in [-0.4, -0.2) is 49.3 Å². The highest BCUT2D eigenvalue weighted by atomic mass is 16.6. The fourth-order valence-corrected chi connectivity index (χ4v) is 2.14. The summed E-state index contributed by atoms with van der Waals surface area (Å²) in [7, 11) is 0. The van der Waals surface area contributed by atoms with Crippen LogP contribution in [0, 0.1) is 5.41 Å². The third kappa shape index (κ3) is 7.41. The molecule has 1 heterocycles. The van der Waals surface area contributed by atoms with Crippen LogP contribution in [0.4, 0.5) is 0 Å². The van der Waals surface area contributed by atoms with Gasteiger partial charge in [0.1, 0.15) is 18.8 Å². The van der Waals surface area contributed by atoms with E-state index >= 15 is 0 Å². The Morgan fingerprint density at radius 3 is 2.35 bits per heavy atom. The molecule has 0 aliphatic carbocycles. The van der Waals surface area contributed by atoms with Crippen LogP contribution in [0.5, 0.6) is 0 Å². The van der Waals surface area contributed by atoms with Crippen molar-refractivity contribution in [3.05, 3.63) is 0 Å². The van der Waals surface area contributed by atoms with Gasteiger partial charge in [-0.05, 0) is 27.2 Å². The molecule has 0 bridgehead atoms. The number of rotatable bonds is 9. The lowest BCUT2D eigenvalue weighted by molar-refractivity contribution is -0.176. The van der Waals surface area contributed by atoms with Crippen LogP contribution in [0.1, 0.15) is 59.8 Å². The summed E-state index contributed by atoms with van der Waals surface area (Å²) in [4.78, 5) is 46.5. The molecule has 0 N–H and O–H groups in total. The van der Waals surface area contributed by atoms with Gasteiger partial charge < -0.3 is 18.9 Å². The quantitative estimate of drug-likeness (QED) is 0.343. The Labute approximate surface area is 153 Å². The molecule has 1 fully saturated rings. The van der Waals surface area contributed by atoms with Gasteiger partial charge in [0.05, 0.1) is 31.3 Å². The molecular weight excluding hydrogens is 344 g/mol. The van der Waals surface area contributed by atoms with E-state index in [1.807, 2.05) is 6.92 Å². The van der Waals surface area contributed by atoms with Gasteiger partial charge in [-0.3, -0.25) is 19.2 Å². The van der Waals surface area contributed by atoms with Gasteiger partial charge in [0.15, 0.2) is 0 Å². The number of carbonyl (C=O) groups is 4. The van der Waals surface area contributed by atoms with E-state index in [1.54, 1.807) is 20.8 Å². The highest BCUT2D eigenvalue weighted by molar-refractivity contribution is 5.79. The molecule has 0 amide bonds. The smallest absolute Gasteiger partial charge is 0.311 e. The fraction of sp³-hybridized carbons (Fsp3) is 0.778. The lowest BCUT2D eigenvalue weighted by Gasteiger charge is -2.32. The summed E-state index contributed by atoms with van der Waals surface area (Å²) in [6.45, 7) is 7.21. The number of esters is 4. The lowest BCUT2D eigenvalue weighted by atomic mass is 9.91. The second kappa shape index (κ2) is 9.54. The topological polar surface area (TPSA) is 105 Å². The molecule has 0 aromatic carbocycles. The molecule has 148 valence electrons. The first-order valence-corrected chi connectivity index (χ1v) is 8.78. The van der Waals surface area contributed by atoms with Crippen LogP contribution < -0.4 is 0 Å². The van der Waals surface area contributed by atoms with Crippen molar-refractivity contribution < 1.29 is 38.1 Å². The van der Waals surface area contributed by atoms with E-state index in [4.69, 9.17) is 18.9 Å². The minimum atomic E-state index is -0.892. The number of carbonyl (C=O) groups excluding carboxylic acids is 4. The molecule has 8 nitrogen and oxygen atoms in total. The van der Waals surface area contributed by atoms with E-state index in [0.717, 1.165) is 0 Å². The maximum Gasteiger partial charge on any atom is 0.311 e. The van der Waals surface area contributed by atoms with E-state index < -0.39 is 28.9 Å². The second-order valence-electron chi connectivity index (χ2n) is 7.17. The highest BCUT2D eigenvalue weighted by Crippen LogP contribution is 2.26. The Morgan fingerprint density at radius 2 is 1.73 bits per heavy atom. The largest absolute Gasteiger partial charge is 0.465 e. The summed E-state index contributed by atoms with van der Waals surface area (Å²) in [6, 6.07) is 0. The van der Waals surface area contributed by atoms with Crippen LogP contribution in [0.25, 0.3) is 0 Å². The SMILES string of the molecule is CCC(C)(C)C(=O)OCCOC(=O)CCC(=O)OC1(C)CCOC(=O)C1. The van der Waals surface area contributed by atoms with Crippen LogP contribution in [0.3, 0.4) is 0 Å². The maximum absolute atomic E-state index is 11.8. The molecule has 1 aliphatic rings. The first-order valence-electron chi connectivity index (χ1n) is 8.78. The first kappa shape index (κ1) is 21.9. The van der Waals surface area contributed by atoms with E-state index in [0.29, 0.717) is 12.8 Å². The normalized spacial score (nSPS) is 20.1. The molecule has 0 aromatic heterocycles. The first-order chi connectivity index (χ1) is 12.1. The minimum Gasteiger partial charge on any atom is -0.465 e. The average molecular weight is 372 g/mol. The third-order valence-electron chi connectivity index (χ3n) is 4.32. The predicted molar refractivity (Wildman–Crippen MR) is 89.9 cm³/mol. The standard InChI is InChI=1S/C18H28O8/c1-5-17(2,3)16(22)25-11-10-24-13(19)6-7-14(20)26-18(4)8-9-23-15(21)12-18/h5-12H2,1-4H3. The summed E-state index contributed by atoms with van der Waals surface area (Å²) in [5.41, 5.74) is -1.47. The summed E-state index contributed by atoms with van der Waals surface area (Å²) >= 11 is 0. The van der Waals surface area contributed by atoms with Crippen LogP contribution in [0.2, 0.25) is 0 Å². The molecule has 1 unspecified atom stereocenters. The molecule has 26 heavy (non-hydrogen) atoms. The molecule has 0 aromatic rings. The Hall–Kier alpha value is -2.12. The van der Waals surface area contributed by atoms with Gasteiger partial charge in [0.2, 0.25) is 0 Å². The van der Waals surface area contributed by atoms with Crippen molar-refractivity contribution in [1.82, 2.24) is 0 Å². The van der Waals surface area contributed by atoms with Gasteiger partial charge >= 0.3 is 23.9 Å². The lowest BCUT2D eigenvalue weighted by Crippen LogP contribution is -2.40. The van der Waals surface area contributed by atoms with Crippen molar-refractivity contribution in [2.24, 2.45) is 5.41 Å². The van der Waals surface area contributed by atoms with Crippen molar-refractivity contribution >= 4 is 23.9 Å². The van der Waals surface area contributed by atoms with Crippen LogP contribution in [-0.2, 0) is 38.1 Å². The molecule has 1 saturated heterocycles. The van der Waals surface area contributed by atoms with Crippen molar-refractivity contribution in [1.29, 1.82) is 0 Å². The van der Waals surface area contributed by atoms with Crippen molar-refractivity contribution in [3.8, 4) is 0 Å². The molecule has 1 rings (SSSR count). The number of hydrogen-bond donors (Lipinski definition) is 0. The molecule has 1 aliphatic heterocycles. The zero-order valence-electron chi connectivity index (χ0n) is 15.9. The third-order valence-corrected chi connectivity index (χ3v) is 4.32. The molecule has 0 radical (unpaired) electrons. The summed E-state index contributed by atoms with van der Waals surface area (Å²) < 4.78 is 20.1. The van der Waals surface area contributed by atoms with Gasteiger partial charge in [0, 0.05) is 6.42 Å². The van der Waals surface area contributed by atoms with Crippen molar-refractivity contribution in [3.63, 3.8) is 0 Å². The number of hydrogen-bond acceptors (Lipinski definition) is 8. The Bertz CT molecular complexity index is 539.